The van der Waals surface area contributed by atoms with Crippen molar-refractivity contribution in [2.24, 2.45) is 10.9 Å². The van der Waals surface area contributed by atoms with Crippen molar-refractivity contribution in [3.8, 4) is 5.75 Å². The zero-order chi connectivity index (χ0) is 19.6. The zero-order valence-electron chi connectivity index (χ0n) is 16.4. The lowest BCUT2D eigenvalue weighted by atomic mass is 9.86. The monoisotopic (exact) mass is 379 g/mol. The van der Waals surface area contributed by atoms with Crippen LogP contribution in [0.25, 0.3) is 0 Å². The number of aliphatic imine (C=N–C) groups is 1. The number of carbonyl (C=O) groups excluding carboxylic acids is 1. The second kappa shape index (κ2) is 10.7. The minimum absolute atomic E-state index is 0.00445. The highest BCUT2D eigenvalue weighted by atomic mass is 19.1. The van der Waals surface area contributed by atoms with Crippen LogP contribution in [0, 0.1) is 11.7 Å². The van der Waals surface area contributed by atoms with Crippen LogP contribution in [0.4, 0.5) is 4.39 Å². The molecule has 0 spiro atoms. The third kappa shape index (κ3) is 6.41. The number of rotatable bonds is 7. The van der Waals surface area contributed by atoms with E-state index < -0.39 is 0 Å². The zero-order valence-corrected chi connectivity index (χ0v) is 16.4. The van der Waals surface area contributed by atoms with Gasteiger partial charge < -0.3 is 20.1 Å². The van der Waals surface area contributed by atoms with Crippen molar-refractivity contribution < 1.29 is 18.7 Å². The van der Waals surface area contributed by atoms with Gasteiger partial charge in [0.05, 0.1) is 19.1 Å². The van der Waals surface area contributed by atoms with Crippen molar-refractivity contribution in [2.75, 3.05) is 20.3 Å². The molecule has 27 heavy (non-hydrogen) atoms. The summed E-state index contributed by atoms with van der Waals surface area (Å²) in [6, 6.07) is 5.20. The van der Waals surface area contributed by atoms with Crippen LogP contribution in [0.5, 0.6) is 5.75 Å². The smallest absolute Gasteiger partial charge is 0.308 e. The quantitative estimate of drug-likeness (QED) is 0.433. The summed E-state index contributed by atoms with van der Waals surface area (Å²) in [4.78, 5) is 16.1. The van der Waals surface area contributed by atoms with Gasteiger partial charge in [0.15, 0.2) is 17.5 Å². The number of benzene rings is 1. The van der Waals surface area contributed by atoms with Crippen molar-refractivity contribution in [1.29, 1.82) is 0 Å². The van der Waals surface area contributed by atoms with Gasteiger partial charge in [0.2, 0.25) is 0 Å². The van der Waals surface area contributed by atoms with Gasteiger partial charge in [0.1, 0.15) is 0 Å². The predicted molar refractivity (Wildman–Crippen MR) is 103 cm³/mol. The molecule has 1 aromatic rings. The molecule has 2 N–H and O–H groups in total. The summed E-state index contributed by atoms with van der Waals surface area (Å²) in [5, 5.41) is 6.59. The van der Waals surface area contributed by atoms with Crippen LogP contribution in [0.15, 0.2) is 23.2 Å². The van der Waals surface area contributed by atoms with Gasteiger partial charge in [-0.05, 0) is 57.2 Å². The summed E-state index contributed by atoms with van der Waals surface area (Å²) in [6.07, 6.45) is 3.42. The molecule has 1 aliphatic rings. The molecule has 1 saturated carbocycles. The Morgan fingerprint density at radius 2 is 1.96 bits per heavy atom. The number of guanidine groups is 1. The molecule has 0 bridgehead atoms. The first kappa shape index (κ1) is 21.0. The van der Waals surface area contributed by atoms with E-state index in [1.54, 1.807) is 13.1 Å². The van der Waals surface area contributed by atoms with Crippen molar-refractivity contribution >= 4 is 11.9 Å². The normalized spacial score (nSPS) is 20.1. The van der Waals surface area contributed by atoms with E-state index in [2.05, 4.69) is 15.6 Å². The second-order valence-corrected chi connectivity index (χ2v) is 6.57. The molecule has 0 aromatic heterocycles. The third-order valence-electron chi connectivity index (χ3n) is 4.67. The van der Waals surface area contributed by atoms with Crippen molar-refractivity contribution in [2.45, 2.75) is 52.1 Å². The van der Waals surface area contributed by atoms with Crippen LogP contribution in [0.1, 0.15) is 45.1 Å². The Labute approximate surface area is 160 Å². The molecule has 0 radical (unpaired) electrons. The van der Waals surface area contributed by atoms with Crippen molar-refractivity contribution in [3.05, 3.63) is 29.6 Å². The molecule has 7 heteroatoms. The number of halogens is 1. The molecule has 0 heterocycles. The molecular formula is C20H30FN3O3. The highest BCUT2D eigenvalue weighted by molar-refractivity contribution is 5.80. The highest BCUT2D eigenvalue weighted by Gasteiger charge is 2.27. The Kier molecular flexibility index (Phi) is 8.36. The fourth-order valence-electron chi connectivity index (χ4n) is 3.23. The standard InChI is InChI=1S/C20H30FN3O3/c1-4-26-18-11-6-14(12-17(18)21)13-23-20(22-3)24-16-9-7-15(8-10-16)19(25)27-5-2/h6,11-12,15-16H,4-5,7-10,13H2,1-3H3,(H2,22,23,24). The van der Waals surface area contributed by atoms with E-state index in [4.69, 9.17) is 9.47 Å². The number of hydrogen-bond donors (Lipinski definition) is 2. The average Bonchev–Trinajstić information content (AvgIpc) is 2.68. The van der Waals surface area contributed by atoms with Crippen molar-refractivity contribution in [1.82, 2.24) is 10.6 Å². The Hall–Kier alpha value is -2.31. The van der Waals surface area contributed by atoms with Crippen LogP contribution in [-0.4, -0.2) is 38.2 Å². The van der Waals surface area contributed by atoms with E-state index in [0.29, 0.717) is 25.7 Å². The topological polar surface area (TPSA) is 72.0 Å². The minimum Gasteiger partial charge on any atom is -0.491 e. The van der Waals surface area contributed by atoms with Gasteiger partial charge in [-0.25, -0.2) is 4.39 Å². The van der Waals surface area contributed by atoms with E-state index in [1.807, 2.05) is 19.9 Å². The maximum Gasteiger partial charge on any atom is 0.308 e. The molecule has 150 valence electrons. The Morgan fingerprint density at radius 1 is 1.22 bits per heavy atom. The van der Waals surface area contributed by atoms with Gasteiger partial charge in [-0.1, -0.05) is 6.07 Å². The van der Waals surface area contributed by atoms with E-state index in [9.17, 15) is 9.18 Å². The Balaban J connectivity index is 1.80. The lowest BCUT2D eigenvalue weighted by molar-refractivity contribution is -0.149. The summed E-state index contributed by atoms with van der Waals surface area (Å²) in [5.74, 6) is 0.489. The maximum atomic E-state index is 13.9. The van der Waals surface area contributed by atoms with Crippen LogP contribution < -0.4 is 15.4 Å². The SMILES string of the molecule is CCOC(=O)C1CCC(NC(=NC)NCc2ccc(OCC)c(F)c2)CC1. The Morgan fingerprint density at radius 3 is 2.56 bits per heavy atom. The number of ether oxygens (including phenoxy) is 2. The van der Waals surface area contributed by atoms with Gasteiger partial charge in [-0.3, -0.25) is 9.79 Å². The minimum atomic E-state index is -0.364. The second-order valence-electron chi connectivity index (χ2n) is 6.57. The lowest BCUT2D eigenvalue weighted by Crippen LogP contribution is -2.45. The van der Waals surface area contributed by atoms with Crippen molar-refractivity contribution in [3.63, 3.8) is 0 Å². The number of carbonyl (C=O) groups is 1. The molecule has 0 unspecified atom stereocenters. The number of hydrogen-bond acceptors (Lipinski definition) is 4. The van der Waals surface area contributed by atoms with Crippen LogP contribution >= 0.6 is 0 Å². The Bertz CT molecular complexity index is 643. The van der Waals surface area contributed by atoms with Gasteiger partial charge in [-0.15, -0.1) is 0 Å². The van der Waals surface area contributed by atoms with Crippen LogP contribution in [-0.2, 0) is 16.1 Å². The first-order valence-corrected chi connectivity index (χ1v) is 9.62. The summed E-state index contributed by atoms with van der Waals surface area (Å²) < 4.78 is 24.3. The summed E-state index contributed by atoms with van der Waals surface area (Å²) in [6.45, 7) is 4.98. The molecule has 6 nitrogen and oxygen atoms in total. The summed E-state index contributed by atoms with van der Waals surface area (Å²) in [7, 11) is 1.71. The first-order valence-electron chi connectivity index (χ1n) is 9.62. The lowest BCUT2D eigenvalue weighted by Gasteiger charge is -2.29. The summed E-state index contributed by atoms with van der Waals surface area (Å²) in [5.41, 5.74) is 0.810. The molecule has 1 aromatic carbocycles. The number of nitrogens with zero attached hydrogens (tertiary/aromatic N) is 1. The molecule has 2 rings (SSSR count). The average molecular weight is 379 g/mol. The summed E-state index contributed by atoms with van der Waals surface area (Å²) >= 11 is 0. The van der Waals surface area contributed by atoms with Gasteiger partial charge in [0, 0.05) is 19.6 Å². The fourth-order valence-corrected chi connectivity index (χ4v) is 3.23. The largest absolute Gasteiger partial charge is 0.491 e. The third-order valence-corrected chi connectivity index (χ3v) is 4.67. The molecule has 0 atom stereocenters. The van der Waals surface area contributed by atoms with E-state index in [0.717, 1.165) is 31.2 Å². The predicted octanol–water partition coefficient (Wildman–Crippen LogP) is 3.01. The number of nitrogens with one attached hydrogen (secondary N) is 2. The van der Waals surface area contributed by atoms with E-state index in [-0.39, 0.29) is 29.5 Å². The molecule has 1 fully saturated rings. The molecule has 0 aliphatic heterocycles. The van der Waals surface area contributed by atoms with Gasteiger partial charge in [-0.2, -0.15) is 0 Å². The maximum absolute atomic E-state index is 13.9. The first-order chi connectivity index (χ1) is 13.1. The van der Waals surface area contributed by atoms with Gasteiger partial charge >= 0.3 is 5.97 Å². The molecule has 0 saturated heterocycles. The van der Waals surface area contributed by atoms with E-state index in [1.165, 1.54) is 6.07 Å². The van der Waals surface area contributed by atoms with Gasteiger partial charge in [0.25, 0.3) is 0 Å². The molecule has 0 amide bonds. The fraction of sp³-hybridized carbons (Fsp3) is 0.600. The van der Waals surface area contributed by atoms with E-state index >= 15 is 0 Å². The molecule has 1 aliphatic carbocycles. The number of esters is 1. The van der Waals surface area contributed by atoms with Crippen LogP contribution in [0.3, 0.4) is 0 Å². The van der Waals surface area contributed by atoms with Crippen LogP contribution in [0.2, 0.25) is 0 Å². The molecular weight excluding hydrogens is 349 g/mol. The highest BCUT2D eigenvalue weighted by Crippen LogP contribution is 2.25.